The second-order valence-electron chi connectivity index (χ2n) is 9.42. The summed E-state index contributed by atoms with van der Waals surface area (Å²) in [7, 11) is 0. The molecular weight excluding hydrogens is 482 g/mol. The molecule has 8 nitrogen and oxygen atoms in total. The first-order chi connectivity index (χ1) is 18.2. The number of nitrogens with two attached hydrogens (primary N) is 1. The zero-order chi connectivity index (χ0) is 27.5. The molecule has 3 amide bonds. The maximum absolute atomic E-state index is 12.8. The Bertz CT molecular complexity index is 1220. The van der Waals surface area contributed by atoms with Gasteiger partial charge in [-0.3, -0.25) is 14.4 Å². The molecule has 3 aromatic rings. The third-order valence-electron chi connectivity index (χ3n) is 5.89. The van der Waals surface area contributed by atoms with Gasteiger partial charge in [0, 0.05) is 13.3 Å². The maximum Gasteiger partial charge on any atom is 0.243 e. The Balaban J connectivity index is 1.79. The van der Waals surface area contributed by atoms with Gasteiger partial charge in [-0.2, -0.15) is 0 Å². The molecule has 0 heterocycles. The van der Waals surface area contributed by atoms with Crippen molar-refractivity contribution in [3.8, 4) is 11.5 Å². The molecule has 0 bridgehead atoms. The molecule has 0 saturated heterocycles. The van der Waals surface area contributed by atoms with E-state index in [1.807, 2.05) is 80.6 Å². The lowest BCUT2D eigenvalue weighted by Crippen LogP contribution is -2.55. The second-order valence-corrected chi connectivity index (χ2v) is 9.42. The number of rotatable bonds is 13. The summed E-state index contributed by atoms with van der Waals surface area (Å²) in [5.74, 6) is -0.594. The summed E-state index contributed by atoms with van der Waals surface area (Å²) in [5.41, 5.74) is 8.36. The number of nitrogens with one attached hydrogen (secondary N) is 2. The fourth-order valence-corrected chi connectivity index (χ4v) is 3.86. The normalized spacial score (nSPS) is 12.3. The minimum Gasteiger partial charge on any atom is -0.485 e. The van der Waals surface area contributed by atoms with Crippen molar-refractivity contribution >= 4 is 17.7 Å². The highest BCUT2D eigenvalue weighted by atomic mass is 16.5. The van der Waals surface area contributed by atoms with Crippen molar-refractivity contribution in [1.82, 2.24) is 10.6 Å². The topological polar surface area (TPSA) is 120 Å². The number of primary amides is 1. The Hall–Kier alpha value is -4.33. The number of ether oxygens (including phenoxy) is 2. The van der Waals surface area contributed by atoms with Crippen LogP contribution in [0.25, 0.3) is 0 Å². The molecule has 0 radical (unpaired) electrons. The lowest BCUT2D eigenvalue weighted by molar-refractivity contribution is -0.131. The highest BCUT2D eigenvalue weighted by Crippen LogP contribution is 2.30. The number of carbonyl (C=O) groups excluding carboxylic acids is 3. The highest BCUT2D eigenvalue weighted by molar-refractivity contribution is 5.91. The molecule has 3 rings (SSSR count). The van der Waals surface area contributed by atoms with Gasteiger partial charge >= 0.3 is 0 Å². The fourth-order valence-electron chi connectivity index (χ4n) is 3.86. The van der Waals surface area contributed by atoms with Crippen LogP contribution < -0.4 is 25.8 Å². The molecule has 2 atom stereocenters. The van der Waals surface area contributed by atoms with Crippen LogP contribution in [0.15, 0.2) is 78.9 Å². The van der Waals surface area contributed by atoms with Crippen molar-refractivity contribution in [3.63, 3.8) is 0 Å². The minimum atomic E-state index is -0.976. The molecule has 0 fully saturated rings. The summed E-state index contributed by atoms with van der Waals surface area (Å²) in [6.45, 7) is 5.65. The van der Waals surface area contributed by atoms with Gasteiger partial charge in [0.15, 0.2) is 11.5 Å². The van der Waals surface area contributed by atoms with E-state index in [1.165, 1.54) is 6.92 Å². The third-order valence-corrected chi connectivity index (χ3v) is 5.89. The summed E-state index contributed by atoms with van der Waals surface area (Å²) < 4.78 is 12.2. The van der Waals surface area contributed by atoms with Crippen LogP contribution in [0.4, 0.5) is 0 Å². The van der Waals surface area contributed by atoms with Gasteiger partial charge in [-0.1, -0.05) is 80.6 Å². The summed E-state index contributed by atoms with van der Waals surface area (Å²) in [5, 5.41) is 5.31. The lowest BCUT2D eigenvalue weighted by atomic mass is 10.0. The standard InChI is InChI=1S/C30H35N3O5/c1-20(2)28(32-21(3)34)30(36)33-25(29(31)35)16-24-14-15-26(37-18-22-10-6-4-7-11-22)27(17-24)38-19-23-12-8-5-9-13-23/h4-15,17,20,25,28H,16,18-19H2,1-3H3,(H2,31,35)(H,32,34)(H,33,36)/t25-,28+/m0/s1. The SMILES string of the molecule is CC(=O)N[C@@H](C(=O)N[C@@H](Cc1ccc(OCc2ccccc2)c(OCc2ccccc2)c1)C(N)=O)C(C)C. The van der Waals surface area contributed by atoms with Crippen LogP contribution in [0.3, 0.4) is 0 Å². The van der Waals surface area contributed by atoms with E-state index in [0.29, 0.717) is 24.7 Å². The largest absolute Gasteiger partial charge is 0.485 e. The number of carbonyl (C=O) groups is 3. The van der Waals surface area contributed by atoms with E-state index in [1.54, 1.807) is 12.1 Å². The number of hydrogen-bond donors (Lipinski definition) is 3. The third kappa shape index (κ3) is 8.65. The highest BCUT2D eigenvalue weighted by Gasteiger charge is 2.27. The number of amides is 3. The van der Waals surface area contributed by atoms with Gasteiger partial charge in [-0.15, -0.1) is 0 Å². The van der Waals surface area contributed by atoms with Crippen molar-refractivity contribution in [1.29, 1.82) is 0 Å². The van der Waals surface area contributed by atoms with Crippen LogP contribution in [0.1, 0.15) is 37.5 Å². The van der Waals surface area contributed by atoms with Crippen LogP contribution in [0.5, 0.6) is 11.5 Å². The monoisotopic (exact) mass is 517 g/mol. The fraction of sp³-hybridized carbons (Fsp3) is 0.300. The zero-order valence-electron chi connectivity index (χ0n) is 22.0. The zero-order valence-corrected chi connectivity index (χ0v) is 22.0. The van der Waals surface area contributed by atoms with Crippen LogP contribution in [-0.4, -0.2) is 29.8 Å². The summed E-state index contributed by atoms with van der Waals surface area (Å²) in [6, 6.07) is 23.2. The van der Waals surface area contributed by atoms with Gasteiger partial charge in [0.1, 0.15) is 25.3 Å². The molecule has 0 spiro atoms. The first-order valence-electron chi connectivity index (χ1n) is 12.6. The van der Waals surface area contributed by atoms with Crippen molar-refractivity contribution in [3.05, 3.63) is 95.6 Å². The molecule has 0 saturated carbocycles. The Morgan fingerprint density at radius 2 is 1.32 bits per heavy atom. The van der Waals surface area contributed by atoms with Crippen LogP contribution >= 0.6 is 0 Å². The lowest BCUT2D eigenvalue weighted by Gasteiger charge is -2.24. The summed E-state index contributed by atoms with van der Waals surface area (Å²) in [6.07, 6.45) is 0.145. The number of hydrogen-bond acceptors (Lipinski definition) is 5. The van der Waals surface area contributed by atoms with Gasteiger partial charge in [0.2, 0.25) is 17.7 Å². The van der Waals surface area contributed by atoms with Gasteiger partial charge in [0.25, 0.3) is 0 Å². The molecular formula is C30H35N3O5. The molecule has 3 aromatic carbocycles. The molecule has 8 heteroatoms. The van der Waals surface area contributed by atoms with Crippen molar-refractivity contribution in [2.75, 3.05) is 0 Å². The van der Waals surface area contributed by atoms with E-state index in [4.69, 9.17) is 15.2 Å². The van der Waals surface area contributed by atoms with Crippen molar-refractivity contribution in [2.45, 2.75) is 52.5 Å². The quantitative estimate of drug-likeness (QED) is 0.321. The van der Waals surface area contributed by atoms with Crippen LogP contribution in [-0.2, 0) is 34.0 Å². The first kappa shape index (κ1) is 28.2. The smallest absolute Gasteiger partial charge is 0.243 e. The van der Waals surface area contributed by atoms with E-state index in [0.717, 1.165) is 16.7 Å². The molecule has 0 aliphatic carbocycles. The molecule has 38 heavy (non-hydrogen) atoms. The summed E-state index contributed by atoms with van der Waals surface area (Å²) in [4.78, 5) is 36.6. The predicted molar refractivity (Wildman–Crippen MR) is 145 cm³/mol. The van der Waals surface area contributed by atoms with E-state index >= 15 is 0 Å². The number of benzene rings is 3. The van der Waals surface area contributed by atoms with E-state index < -0.39 is 23.9 Å². The van der Waals surface area contributed by atoms with Crippen molar-refractivity contribution < 1.29 is 23.9 Å². The Morgan fingerprint density at radius 1 is 0.763 bits per heavy atom. The second kappa shape index (κ2) is 13.8. The maximum atomic E-state index is 12.8. The molecule has 0 aromatic heterocycles. The van der Waals surface area contributed by atoms with Gasteiger partial charge < -0.3 is 25.8 Å². The Labute approximate surface area is 223 Å². The van der Waals surface area contributed by atoms with Gasteiger partial charge in [-0.05, 0) is 34.7 Å². The van der Waals surface area contributed by atoms with Crippen molar-refractivity contribution in [2.24, 2.45) is 11.7 Å². The first-order valence-corrected chi connectivity index (χ1v) is 12.6. The Morgan fingerprint density at radius 3 is 1.82 bits per heavy atom. The van der Waals surface area contributed by atoms with E-state index in [9.17, 15) is 14.4 Å². The van der Waals surface area contributed by atoms with Gasteiger partial charge in [-0.25, -0.2) is 0 Å². The van der Waals surface area contributed by atoms with Gasteiger partial charge in [0.05, 0.1) is 0 Å². The summed E-state index contributed by atoms with van der Waals surface area (Å²) >= 11 is 0. The molecule has 200 valence electrons. The minimum absolute atomic E-state index is 0.145. The molecule has 4 N–H and O–H groups in total. The molecule has 0 unspecified atom stereocenters. The van der Waals surface area contributed by atoms with E-state index in [2.05, 4.69) is 10.6 Å². The molecule has 0 aliphatic rings. The van der Waals surface area contributed by atoms with E-state index in [-0.39, 0.29) is 18.2 Å². The Kier molecular flexibility index (Phi) is 10.3. The average Bonchev–Trinajstić information content (AvgIpc) is 2.90. The van der Waals surface area contributed by atoms with Crippen LogP contribution in [0.2, 0.25) is 0 Å². The average molecular weight is 518 g/mol. The van der Waals surface area contributed by atoms with Crippen LogP contribution in [0, 0.1) is 5.92 Å². The molecule has 0 aliphatic heterocycles. The predicted octanol–water partition coefficient (Wildman–Crippen LogP) is 3.52.